The summed E-state index contributed by atoms with van der Waals surface area (Å²) < 4.78 is 7.06. The van der Waals surface area contributed by atoms with Crippen molar-refractivity contribution in [2.45, 2.75) is 104 Å². The first-order valence-corrected chi connectivity index (χ1v) is 15.1. The lowest BCUT2D eigenvalue weighted by Crippen LogP contribution is -2.44. The van der Waals surface area contributed by atoms with Crippen molar-refractivity contribution < 1.29 is 9.53 Å². The molecule has 0 saturated carbocycles. The summed E-state index contributed by atoms with van der Waals surface area (Å²) in [7, 11) is -2.03. The molecule has 0 atom stereocenters. The van der Waals surface area contributed by atoms with E-state index in [1.54, 1.807) is 0 Å². The van der Waals surface area contributed by atoms with Crippen LogP contribution in [-0.4, -0.2) is 13.4 Å². The van der Waals surface area contributed by atoms with E-state index in [0.29, 0.717) is 5.75 Å². The maximum atomic E-state index is 11.4. The molecule has 2 nitrogen and oxygen atoms in total. The molecule has 168 valence electrons. The molecular weight excluding hydrogens is 396 g/mol. The predicted molar refractivity (Wildman–Crippen MR) is 134 cm³/mol. The van der Waals surface area contributed by atoms with Crippen LogP contribution in [0.25, 0.3) is 11.1 Å². The number of rotatable bonds is 3. The molecule has 0 spiro atoms. The second-order valence-electron chi connectivity index (χ2n) is 11.4. The number of hydrogen-bond donors (Lipinski definition) is 1. The van der Waals surface area contributed by atoms with Crippen LogP contribution in [0, 0.1) is 13.8 Å². The van der Waals surface area contributed by atoms with Crippen LogP contribution in [0.4, 0.5) is 0 Å². The molecule has 0 aliphatic heterocycles. The van der Waals surface area contributed by atoms with Gasteiger partial charge in [-0.25, -0.2) is 0 Å². The maximum absolute atomic E-state index is 11.4. The third-order valence-electron chi connectivity index (χ3n) is 8.01. The molecular formula is C28H40O2Si. The summed E-state index contributed by atoms with van der Waals surface area (Å²) in [6.45, 7) is 15.9. The molecule has 2 aliphatic carbocycles. The SMILES string of the molecule is Cc1cc2c(c(-c3c4c(cc(C)c3O[Si](C)(C)C(C)(C)C)CCCC4)c1O)CCCC2. The van der Waals surface area contributed by atoms with Gasteiger partial charge >= 0.3 is 0 Å². The number of hydrogen-bond acceptors (Lipinski definition) is 2. The quantitative estimate of drug-likeness (QED) is 0.497. The van der Waals surface area contributed by atoms with E-state index in [2.05, 4.69) is 59.8 Å². The molecule has 0 bridgehead atoms. The topological polar surface area (TPSA) is 29.5 Å². The van der Waals surface area contributed by atoms with Gasteiger partial charge in [0.1, 0.15) is 11.5 Å². The Morgan fingerprint density at radius 2 is 1.26 bits per heavy atom. The standard InChI is InChI=1S/C28H40O2Si/c1-18-16-20-12-8-10-14-22(20)24(26(18)29)25-23-15-11-9-13-21(23)17-19(2)27(25)30-31(6,7)28(3,4)5/h16-17,29H,8-15H2,1-7H3. The van der Waals surface area contributed by atoms with Crippen molar-refractivity contribution in [3.05, 3.63) is 45.5 Å². The van der Waals surface area contributed by atoms with Gasteiger partial charge in [-0.05, 0) is 117 Å². The van der Waals surface area contributed by atoms with Crippen LogP contribution in [0.1, 0.15) is 79.8 Å². The molecule has 0 heterocycles. The zero-order valence-corrected chi connectivity index (χ0v) is 21.7. The number of benzene rings is 2. The Hall–Kier alpha value is -1.74. The molecule has 4 rings (SSSR count). The zero-order valence-electron chi connectivity index (χ0n) is 20.7. The number of aromatic hydroxyl groups is 1. The first kappa shape index (κ1) is 22.5. The van der Waals surface area contributed by atoms with Crippen molar-refractivity contribution in [2.24, 2.45) is 0 Å². The first-order chi connectivity index (χ1) is 14.5. The molecule has 0 amide bonds. The van der Waals surface area contributed by atoms with Gasteiger partial charge in [-0.2, -0.15) is 0 Å². The van der Waals surface area contributed by atoms with Gasteiger partial charge in [-0.3, -0.25) is 0 Å². The minimum absolute atomic E-state index is 0.126. The maximum Gasteiger partial charge on any atom is 0.250 e. The molecule has 0 unspecified atom stereocenters. The van der Waals surface area contributed by atoms with Gasteiger partial charge in [0.2, 0.25) is 0 Å². The van der Waals surface area contributed by atoms with Crippen LogP contribution >= 0.6 is 0 Å². The van der Waals surface area contributed by atoms with E-state index in [1.807, 2.05) is 0 Å². The minimum atomic E-state index is -2.03. The highest BCUT2D eigenvalue weighted by molar-refractivity contribution is 6.74. The van der Waals surface area contributed by atoms with Crippen LogP contribution < -0.4 is 4.43 Å². The Kier molecular flexibility index (Phi) is 5.79. The fourth-order valence-electron chi connectivity index (χ4n) is 5.15. The van der Waals surface area contributed by atoms with Crippen LogP contribution in [0.15, 0.2) is 12.1 Å². The van der Waals surface area contributed by atoms with Crippen LogP contribution in [0.3, 0.4) is 0 Å². The van der Waals surface area contributed by atoms with E-state index >= 15 is 0 Å². The Bertz CT molecular complexity index is 1010. The molecule has 0 aromatic heterocycles. The average molecular weight is 437 g/mol. The number of fused-ring (bicyclic) bond motifs is 2. The largest absolute Gasteiger partial charge is 0.543 e. The van der Waals surface area contributed by atoms with Crippen LogP contribution in [0.5, 0.6) is 11.5 Å². The fraction of sp³-hybridized carbons (Fsp3) is 0.571. The van der Waals surface area contributed by atoms with Gasteiger partial charge in [0.05, 0.1) is 0 Å². The Morgan fingerprint density at radius 3 is 1.81 bits per heavy atom. The van der Waals surface area contributed by atoms with Gasteiger partial charge in [-0.1, -0.05) is 32.9 Å². The molecule has 0 radical (unpaired) electrons. The second kappa shape index (κ2) is 7.99. The first-order valence-electron chi connectivity index (χ1n) is 12.2. The average Bonchev–Trinajstić information content (AvgIpc) is 2.69. The highest BCUT2D eigenvalue weighted by Crippen LogP contribution is 2.50. The third kappa shape index (κ3) is 3.95. The van der Waals surface area contributed by atoms with Crippen molar-refractivity contribution in [1.82, 2.24) is 0 Å². The van der Waals surface area contributed by atoms with E-state index in [9.17, 15) is 5.11 Å². The smallest absolute Gasteiger partial charge is 0.250 e. The monoisotopic (exact) mass is 436 g/mol. The third-order valence-corrected chi connectivity index (χ3v) is 12.3. The van der Waals surface area contributed by atoms with E-state index < -0.39 is 8.32 Å². The van der Waals surface area contributed by atoms with Crippen LogP contribution in [0.2, 0.25) is 18.1 Å². The predicted octanol–water partition coefficient (Wildman–Crippen LogP) is 7.82. The summed E-state index contributed by atoms with van der Waals surface area (Å²) in [6, 6.07) is 4.60. The fourth-order valence-corrected chi connectivity index (χ4v) is 6.23. The van der Waals surface area contributed by atoms with Gasteiger partial charge in [-0.15, -0.1) is 0 Å². The van der Waals surface area contributed by atoms with E-state index in [4.69, 9.17) is 4.43 Å². The van der Waals surface area contributed by atoms with Crippen molar-refractivity contribution in [3.63, 3.8) is 0 Å². The number of aryl methyl sites for hydroxylation is 4. The van der Waals surface area contributed by atoms with Crippen LogP contribution in [-0.2, 0) is 25.7 Å². The highest BCUT2D eigenvalue weighted by atomic mass is 28.4. The van der Waals surface area contributed by atoms with Gasteiger partial charge in [0.25, 0.3) is 8.32 Å². The summed E-state index contributed by atoms with van der Waals surface area (Å²) in [4.78, 5) is 0. The lowest BCUT2D eigenvalue weighted by Gasteiger charge is -2.39. The normalized spacial score (nSPS) is 16.6. The summed E-state index contributed by atoms with van der Waals surface area (Å²) in [5.74, 6) is 1.51. The Labute approximate surface area is 190 Å². The van der Waals surface area contributed by atoms with Crippen molar-refractivity contribution in [2.75, 3.05) is 0 Å². The highest BCUT2D eigenvalue weighted by Gasteiger charge is 2.40. The molecule has 2 aliphatic rings. The molecule has 2 aromatic rings. The van der Waals surface area contributed by atoms with Crippen molar-refractivity contribution in [3.8, 4) is 22.6 Å². The van der Waals surface area contributed by atoms with E-state index in [1.165, 1.54) is 59.1 Å². The zero-order chi connectivity index (χ0) is 22.6. The lowest BCUT2D eigenvalue weighted by atomic mass is 9.78. The van der Waals surface area contributed by atoms with Gasteiger partial charge in [0, 0.05) is 11.1 Å². The lowest BCUT2D eigenvalue weighted by molar-refractivity contribution is 0.468. The minimum Gasteiger partial charge on any atom is -0.543 e. The molecule has 3 heteroatoms. The number of phenolic OH excluding ortho intramolecular Hbond substituents is 1. The van der Waals surface area contributed by atoms with E-state index in [0.717, 1.165) is 42.6 Å². The van der Waals surface area contributed by atoms with Gasteiger partial charge < -0.3 is 9.53 Å². The molecule has 0 saturated heterocycles. The summed E-state index contributed by atoms with van der Waals surface area (Å²) in [5, 5.41) is 11.6. The molecule has 0 fully saturated rings. The summed E-state index contributed by atoms with van der Waals surface area (Å²) >= 11 is 0. The van der Waals surface area contributed by atoms with Crippen molar-refractivity contribution >= 4 is 8.32 Å². The summed E-state index contributed by atoms with van der Waals surface area (Å²) in [5.41, 5.74) is 10.2. The Balaban J connectivity index is 2.04. The van der Waals surface area contributed by atoms with E-state index in [-0.39, 0.29) is 5.04 Å². The second-order valence-corrected chi connectivity index (χ2v) is 16.1. The number of phenols is 1. The van der Waals surface area contributed by atoms with Crippen molar-refractivity contribution in [1.29, 1.82) is 0 Å². The summed E-state index contributed by atoms with van der Waals surface area (Å²) in [6.07, 6.45) is 9.32. The molecule has 2 aromatic carbocycles. The molecule has 1 N–H and O–H groups in total. The van der Waals surface area contributed by atoms with Gasteiger partial charge in [0.15, 0.2) is 0 Å². The molecule has 31 heavy (non-hydrogen) atoms. The Morgan fingerprint density at radius 1 is 0.774 bits per heavy atom.